The van der Waals surface area contributed by atoms with E-state index in [0.29, 0.717) is 11.5 Å². The van der Waals surface area contributed by atoms with Crippen molar-refractivity contribution in [3.63, 3.8) is 0 Å². The highest BCUT2D eigenvalue weighted by Crippen LogP contribution is 2.38. The maximum atomic E-state index is 13.0. The van der Waals surface area contributed by atoms with Crippen molar-refractivity contribution in [2.75, 3.05) is 12.3 Å². The molecule has 0 unspecified atom stereocenters. The van der Waals surface area contributed by atoms with Crippen molar-refractivity contribution >= 4 is 23.6 Å². The molecule has 2 heterocycles. The van der Waals surface area contributed by atoms with Gasteiger partial charge in [0.2, 0.25) is 11.8 Å². The Morgan fingerprint density at radius 2 is 2.13 bits per heavy atom. The van der Waals surface area contributed by atoms with Gasteiger partial charge in [0, 0.05) is 0 Å². The fourth-order valence-electron chi connectivity index (χ4n) is 2.34. The molecule has 1 aliphatic rings. The fraction of sp³-hybridized carbons (Fsp3) is 0.250. The Kier molecular flexibility index (Phi) is 4.66. The predicted molar refractivity (Wildman–Crippen MR) is 83.9 cm³/mol. The van der Waals surface area contributed by atoms with Crippen molar-refractivity contribution in [1.29, 1.82) is 0 Å². The van der Waals surface area contributed by atoms with E-state index >= 15 is 0 Å². The van der Waals surface area contributed by atoms with Gasteiger partial charge in [0.05, 0.1) is 18.6 Å². The van der Waals surface area contributed by atoms with E-state index in [4.69, 9.17) is 4.42 Å². The zero-order chi connectivity index (χ0) is 16.2. The van der Waals surface area contributed by atoms with Crippen molar-refractivity contribution < 1.29 is 18.4 Å². The van der Waals surface area contributed by atoms with Crippen LogP contribution in [0.4, 0.5) is 4.39 Å². The Morgan fingerprint density at radius 1 is 1.35 bits per heavy atom. The lowest BCUT2D eigenvalue weighted by Crippen LogP contribution is -2.39. The van der Waals surface area contributed by atoms with Crippen LogP contribution in [-0.2, 0) is 16.1 Å². The quantitative estimate of drug-likeness (QED) is 0.911. The average Bonchev–Trinajstić information content (AvgIpc) is 3.17. The number of hydrogen-bond donors (Lipinski definition) is 1. The van der Waals surface area contributed by atoms with Gasteiger partial charge in [-0.05, 0) is 29.8 Å². The van der Waals surface area contributed by atoms with E-state index in [1.165, 1.54) is 35.1 Å². The molecule has 7 heteroatoms. The maximum absolute atomic E-state index is 13.0. The Morgan fingerprint density at radius 3 is 2.83 bits per heavy atom. The largest absolute Gasteiger partial charge is 0.467 e. The molecule has 2 amide bonds. The number of hydrogen-bond acceptors (Lipinski definition) is 4. The summed E-state index contributed by atoms with van der Waals surface area (Å²) in [5, 5.41) is 2.45. The summed E-state index contributed by atoms with van der Waals surface area (Å²) in [4.78, 5) is 25.6. The van der Waals surface area contributed by atoms with Gasteiger partial charge in [0.25, 0.3) is 0 Å². The first-order chi connectivity index (χ1) is 11.1. The molecule has 1 aliphatic heterocycles. The molecule has 1 aromatic carbocycles. The number of thioether (sulfide) groups is 1. The highest BCUT2D eigenvalue weighted by Gasteiger charge is 2.34. The number of furan rings is 1. The molecule has 23 heavy (non-hydrogen) atoms. The Balaban J connectivity index is 1.63. The molecule has 0 spiro atoms. The van der Waals surface area contributed by atoms with E-state index < -0.39 is 0 Å². The third-order valence-corrected chi connectivity index (χ3v) is 4.73. The van der Waals surface area contributed by atoms with E-state index in [1.54, 1.807) is 24.3 Å². The molecular weight excluding hydrogens is 319 g/mol. The second kappa shape index (κ2) is 6.87. The molecule has 1 N–H and O–H groups in total. The highest BCUT2D eigenvalue weighted by atomic mass is 32.2. The minimum absolute atomic E-state index is 0.0331. The summed E-state index contributed by atoms with van der Waals surface area (Å²) in [6, 6.07) is 9.49. The van der Waals surface area contributed by atoms with Crippen LogP contribution in [0.25, 0.3) is 0 Å². The van der Waals surface area contributed by atoms with Crippen molar-refractivity contribution in [2.45, 2.75) is 11.9 Å². The van der Waals surface area contributed by atoms with Crippen LogP contribution in [0.5, 0.6) is 0 Å². The molecule has 120 valence electrons. The van der Waals surface area contributed by atoms with Crippen molar-refractivity contribution in [3.8, 4) is 0 Å². The zero-order valence-corrected chi connectivity index (χ0v) is 13.0. The number of nitrogens with zero attached hydrogens (tertiary/aromatic N) is 1. The topological polar surface area (TPSA) is 62.6 Å². The predicted octanol–water partition coefficient (Wildman–Crippen LogP) is 2.31. The molecule has 1 saturated heterocycles. The van der Waals surface area contributed by atoms with E-state index in [1.807, 2.05) is 0 Å². The van der Waals surface area contributed by atoms with E-state index in [2.05, 4.69) is 5.32 Å². The number of benzene rings is 1. The SMILES string of the molecule is O=C(CN1C(=O)CS[C@H]1c1ccc(F)cc1)NCc1ccco1. The summed E-state index contributed by atoms with van der Waals surface area (Å²) in [6.45, 7) is 0.247. The fourth-order valence-corrected chi connectivity index (χ4v) is 3.53. The van der Waals surface area contributed by atoms with Gasteiger partial charge in [0.1, 0.15) is 23.5 Å². The minimum Gasteiger partial charge on any atom is -0.467 e. The average molecular weight is 334 g/mol. The lowest BCUT2D eigenvalue weighted by Gasteiger charge is -2.23. The number of rotatable bonds is 5. The molecule has 0 aliphatic carbocycles. The summed E-state index contributed by atoms with van der Waals surface area (Å²) in [5.41, 5.74) is 0.807. The second-order valence-corrected chi connectivity index (χ2v) is 6.16. The third kappa shape index (κ3) is 3.73. The number of nitrogens with one attached hydrogen (secondary N) is 1. The normalized spacial score (nSPS) is 17.5. The molecule has 1 fully saturated rings. The van der Waals surface area contributed by atoms with Gasteiger partial charge in [-0.25, -0.2) is 4.39 Å². The van der Waals surface area contributed by atoms with Crippen LogP contribution < -0.4 is 5.32 Å². The van der Waals surface area contributed by atoms with Gasteiger partial charge < -0.3 is 14.6 Å². The number of carbonyl (C=O) groups excluding carboxylic acids is 2. The molecule has 1 atom stereocenters. The van der Waals surface area contributed by atoms with Crippen molar-refractivity contribution in [3.05, 3.63) is 59.8 Å². The van der Waals surface area contributed by atoms with Crippen molar-refractivity contribution in [2.24, 2.45) is 0 Å². The lowest BCUT2D eigenvalue weighted by atomic mass is 10.2. The molecule has 0 saturated carbocycles. The first-order valence-corrected chi connectivity index (χ1v) is 8.14. The molecule has 5 nitrogen and oxygen atoms in total. The first kappa shape index (κ1) is 15.6. The van der Waals surface area contributed by atoms with Crippen LogP contribution in [0.3, 0.4) is 0 Å². The third-order valence-electron chi connectivity index (χ3n) is 3.48. The van der Waals surface area contributed by atoms with Crippen LogP contribution in [0.15, 0.2) is 47.1 Å². The van der Waals surface area contributed by atoms with Crippen LogP contribution in [0.1, 0.15) is 16.7 Å². The van der Waals surface area contributed by atoms with Crippen LogP contribution in [0.2, 0.25) is 0 Å². The summed E-state index contributed by atoms with van der Waals surface area (Å²) >= 11 is 1.43. The van der Waals surface area contributed by atoms with E-state index in [-0.39, 0.29) is 36.1 Å². The van der Waals surface area contributed by atoms with E-state index in [9.17, 15) is 14.0 Å². The second-order valence-electron chi connectivity index (χ2n) is 5.09. The van der Waals surface area contributed by atoms with Gasteiger partial charge in [-0.2, -0.15) is 0 Å². The van der Waals surface area contributed by atoms with Gasteiger partial charge >= 0.3 is 0 Å². The number of halogens is 1. The summed E-state index contributed by atoms with van der Waals surface area (Å²) in [6.07, 6.45) is 1.53. The van der Waals surface area contributed by atoms with Crippen LogP contribution in [-0.4, -0.2) is 29.0 Å². The standard InChI is InChI=1S/C16H15FN2O3S/c17-12-5-3-11(4-6-12)16-19(15(21)10-23-16)9-14(20)18-8-13-2-1-7-22-13/h1-7,16H,8-10H2,(H,18,20)/t16-/m0/s1. The lowest BCUT2D eigenvalue weighted by molar-refractivity contribution is -0.133. The molecule has 2 aromatic rings. The Labute approximate surface area is 136 Å². The molecule has 0 radical (unpaired) electrons. The monoisotopic (exact) mass is 334 g/mol. The van der Waals surface area contributed by atoms with Crippen LogP contribution in [0, 0.1) is 5.82 Å². The Bertz CT molecular complexity index is 688. The van der Waals surface area contributed by atoms with E-state index in [0.717, 1.165) is 5.56 Å². The summed E-state index contributed by atoms with van der Waals surface area (Å²) in [5.74, 6) is 0.274. The van der Waals surface area contributed by atoms with Gasteiger partial charge in [-0.3, -0.25) is 9.59 Å². The Hall–Kier alpha value is -2.28. The minimum atomic E-state index is -0.328. The number of carbonyl (C=O) groups is 2. The molecule has 1 aromatic heterocycles. The maximum Gasteiger partial charge on any atom is 0.240 e. The highest BCUT2D eigenvalue weighted by molar-refractivity contribution is 8.00. The van der Waals surface area contributed by atoms with Crippen LogP contribution >= 0.6 is 11.8 Å². The summed E-state index contributed by atoms with van der Waals surface area (Å²) in [7, 11) is 0. The van der Waals surface area contributed by atoms with Gasteiger partial charge in [0.15, 0.2) is 0 Å². The molecule has 0 bridgehead atoms. The smallest absolute Gasteiger partial charge is 0.240 e. The first-order valence-electron chi connectivity index (χ1n) is 7.09. The van der Waals surface area contributed by atoms with Gasteiger partial charge in [-0.15, -0.1) is 11.8 Å². The molecule has 3 rings (SSSR count). The summed E-state index contributed by atoms with van der Waals surface area (Å²) < 4.78 is 18.2. The molecular formula is C16H15FN2O3S. The van der Waals surface area contributed by atoms with Gasteiger partial charge in [-0.1, -0.05) is 12.1 Å². The van der Waals surface area contributed by atoms with Crippen molar-refractivity contribution in [1.82, 2.24) is 10.2 Å². The number of amides is 2. The zero-order valence-electron chi connectivity index (χ0n) is 12.2.